The van der Waals surface area contributed by atoms with Crippen LogP contribution < -0.4 is 39.6 Å². The first-order valence-electron chi connectivity index (χ1n) is 7.52. The van der Waals surface area contributed by atoms with Crippen molar-refractivity contribution in [1.29, 1.82) is 0 Å². The van der Waals surface area contributed by atoms with E-state index in [1.54, 1.807) is 12.3 Å². The smallest absolute Gasteiger partial charge is 0.857 e. The van der Waals surface area contributed by atoms with Gasteiger partial charge in [-0.3, -0.25) is 0 Å². The minimum Gasteiger partial charge on any atom is -0.857 e. The van der Waals surface area contributed by atoms with Gasteiger partial charge in [-0.15, -0.1) is 5.10 Å². The van der Waals surface area contributed by atoms with E-state index < -0.39 is 0 Å². The van der Waals surface area contributed by atoms with Crippen LogP contribution >= 0.6 is 0 Å². The molecule has 3 aromatic rings. The van der Waals surface area contributed by atoms with Crippen LogP contribution in [-0.2, 0) is 0 Å². The quantitative estimate of drug-likeness (QED) is 0.481. The van der Waals surface area contributed by atoms with Gasteiger partial charge in [-0.1, -0.05) is 5.21 Å². The van der Waals surface area contributed by atoms with Gasteiger partial charge in [0.05, 0.1) is 24.3 Å². The van der Waals surface area contributed by atoms with E-state index >= 15 is 0 Å². The van der Waals surface area contributed by atoms with Crippen LogP contribution in [0, 0.1) is 0 Å². The van der Waals surface area contributed by atoms with Crippen molar-refractivity contribution in [1.82, 2.24) is 34.7 Å². The minimum absolute atomic E-state index is 0. The molecule has 1 aliphatic heterocycles. The zero-order valence-corrected chi connectivity index (χ0v) is 15.4. The van der Waals surface area contributed by atoms with Crippen molar-refractivity contribution in [2.24, 2.45) is 0 Å². The maximum atomic E-state index is 12.5. The van der Waals surface area contributed by atoms with Crippen LogP contribution in [0.1, 0.15) is 19.3 Å². The summed E-state index contributed by atoms with van der Waals surface area (Å²) in [4.78, 5) is 10.7. The second-order valence-corrected chi connectivity index (χ2v) is 5.38. The van der Waals surface area contributed by atoms with E-state index in [-0.39, 0.29) is 35.4 Å². The molecule has 10 heteroatoms. The molecule has 24 heavy (non-hydrogen) atoms. The van der Waals surface area contributed by atoms with Crippen molar-refractivity contribution in [3.8, 4) is 17.4 Å². The van der Waals surface area contributed by atoms with Gasteiger partial charge in [-0.05, 0) is 19.3 Å². The largest absolute Gasteiger partial charge is 1.00 e. The molecule has 0 unspecified atom stereocenters. The molecule has 0 radical (unpaired) electrons. The van der Waals surface area contributed by atoms with Crippen LogP contribution in [0.3, 0.4) is 0 Å². The molecule has 0 amide bonds. The van der Waals surface area contributed by atoms with Gasteiger partial charge in [0.25, 0.3) is 0 Å². The van der Waals surface area contributed by atoms with Gasteiger partial charge in [-0.25, -0.2) is 19.3 Å². The Balaban J connectivity index is 0.00000169. The van der Waals surface area contributed by atoms with Crippen molar-refractivity contribution in [3.63, 3.8) is 0 Å². The number of aromatic nitrogens is 7. The minimum atomic E-state index is -0.293. The van der Waals surface area contributed by atoms with E-state index in [2.05, 4.69) is 30.3 Å². The van der Waals surface area contributed by atoms with Crippen LogP contribution in [0.2, 0.25) is 0 Å². The third-order valence-electron chi connectivity index (χ3n) is 3.91. The Morgan fingerprint density at radius 1 is 1.04 bits per heavy atom. The average Bonchev–Trinajstić information content (AvgIpc) is 3.25. The molecule has 4 heterocycles. The molecule has 0 saturated carbocycles. The molecule has 0 spiro atoms. The van der Waals surface area contributed by atoms with E-state index in [4.69, 9.17) is 0 Å². The van der Waals surface area contributed by atoms with Gasteiger partial charge in [0.2, 0.25) is 0 Å². The molecular formula is C14H15N8NaO. The molecular weight excluding hydrogens is 319 g/mol. The molecule has 9 nitrogen and oxygen atoms in total. The Hall–Kier alpha value is -1.97. The summed E-state index contributed by atoms with van der Waals surface area (Å²) in [7, 11) is 0. The normalized spacial score (nSPS) is 14.4. The van der Waals surface area contributed by atoms with E-state index in [9.17, 15) is 5.11 Å². The topological polar surface area (TPSA) is 101 Å². The summed E-state index contributed by atoms with van der Waals surface area (Å²) < 4.78 is 2.64. The van der Waals surface area contributed by atoms with Gasteiger partial charge >= 0.3 is 29.6 Å². The zero-order chi connectivity index (χ0) is 15.6. The molecule has 1 saturated heterocycles. The summed E-state index contributed by atoms with van der Waals surface area (Å²) in [5, 5.41) is 24.1. The van der Waals surface area contributed by atoms with Crippen molar-refractivity contribution < 1.29 is 34.7 Å². The number of piperidine rings is 1. The summed E-state index contributed by atoms with van der Waals surface area (Å²) in [6, 6.07) is 1.80. The SMILES string of the molecule is [Na+].[O-]c1c(-n2ccnn2)cnn1-c1cc(N2CCCCC2)ncn1. The number of hydrogen-bond acceptors (Lipinski definition) is 7. The van der Waals surface area contributed by atoms with Gasteiger partial charge in [0.1, 0.15) is 12.1 Å². The van der Waals surface area contributed by atoms with Gasteiger partial charge in [-0.2, -0.15) is 5.10 Å². The predicted octanol–water partition coefficient (Wildman–Crippen LogP) is -2.69. The molecule has 0 N–H and O–H groups in total. The van der Waals surface area contributed by atoms with Crippen LogP contribution in [0.25, 0.3) is 11.5 Å². The standard InChI is InChI=1S/C14H16N8O.Na/c23-14-11(21-7-4-17-19-21)9-18-22(14)13-8-12(15-10-16-13)20-5-2-1-3-6-20;/h4,7-10,23H,1-3,5-6H2;/q;+1/p-1. The first-order valence-corrected chi connectivity index (χ1v) is 7.52. The maximum Gasteiger partial charge on any atom is 1.00 e. The van der Waals surface area contributed by atoms with Gasteiger partial charge in [0, 0.05) is 25.0 Å². The Bertz CT molecular complexity index is 797. The second-order valence-electron chi connectivity index (χ2n) is 5.38. The molecule has 118 valence electrons. The monoisotopic (exact) mass is 334 g/mol. The van der Waals surface area contributed by atoms with E-state index in [0.29, 0.717) is 11.5 Å². The fourth-order valence-electron chi connectivity index (χ4n) is 2.73. The van der Waals surface area contributed by atoms with Crippen LogP contribution in [0.4, 0.5) is 5.82 Å². The van der Waals surface area contributed by atoms with Crippen molar-refractivity contribution >= 4 is 5.82 Å². The Morgan fingerprint density at radius 3 is 2.58 bits per heavy atom. The number of hydrogen-bond donors (Lipinski definition) is 0. The predicted molar refractivity (Wildman–Crippen MR) is 79.6 cm³/mol. The molecule has 3 aromatic heterocycles. The Morgan fingerprint density at radius 2 is 1.83 bits per heavy atom. The summed E-state index contributed by atoms with van der Waals surface area (Å²) in [6.45, 7) is 1.95. The molecule has 0 aromatic carbocycles. The van der Waals surface area contributed by atoms with Crippen LogP contribution in [0.5, 0.6) is 5.88 Å². The third-order valence-corrected chi connectivity index (χ3v) is 3.91. The maximum absolute atomic E-state index is 12.5. The Labute approximate surface area is 160 Å². The third kappa shape index (κ3) is 3.14. The number of anilines is 1. The van der Waals surface area contributed by atoms with Crippen molar-refractivity contribution in [3.05, 3.63) is 31.0 Å². The number of nitrogens with zero attached hydrogens (tertiary/aromatic N) is 8. The van der Waals surface area contributed by atoms with Gasteiger partial charge in [0.15, 0.2) is 5.82 Å². The molecule has 4 rings (SSSR count). The summed E-state index contributed by atoms with van der Waals surface area (Å²) in [5.74, 6) is 0.989. The average molecular weight is 334 g/mol. The molecule has 0 aliphatic carbocycles. The second kappa shape index (κ2) is 7.29. The van der Waals surface area contributed by atoms with Crippen LogP contribution in [-0.4, -0.2) is 47.8 Å². The Kier molecular flexibility index (Phi) is 5.12. The first kappa shape index (κ1) is 16.9. The van der Waals surface area contributed by atoms with E-state index in [0.717, 1.165) is 31.7 Å². The molecule has 0 bridgehead atoms. The molecule has 1 fully saturated rings. The summed E-state index contributed by atoms with van der Waals surface area (Å²) >= 11 is 0. The van der Waals surface area contributed by atoms with E-state index in [1.807, 2.05) is 0 Å². The fraction of sp³-hybridized carbons (Fsp3) is 0.357. The summed E-state index contributed by atoms with van der Waals surface area (Å²) in [6.07, 6.45) is 9.60. The molecule has 0 atom stereocenters. The zero-order valence-electron chi connectivity index (χ0n) is 13.4. The van der Waals surface area contributed by atoms with Crippen LogP contribution in [0.15, 0.2) is 31.0 Å². The first-order chi connectivity index (χ1) is 11.3. The molecule has 1 aliphatic rings. The van der Waals surface area contributed by atoms with E-state index in [1.165, 1.54) is 34.5 Å². The van der Waals surface area contributed by atoms with Crippen molar-refractivity contribution in [2.45, 2.75) is 19.3 Å². The fourth-order valence-corrected chi connectivity index (χ4v) is 2.73. The number of rotatable bonds is 3. The summed E-state index contributed by atoms with van der Waals surface area (Å²) in [5.41, 5.74) is 0.334. The van der Waals surface area contributed by atoms with Crippen molar-refractivity contribution in [2.75, 3.05) is 18.0 Å². The van der Waals surface area contributed by atoms with Gasteiger partial charge < -0.3 is 10.0 Å².